The number of nitrogens with one attached hydrogen (secondary N) is 2. The number of carbonyl (C=O) groups excluding carboxylic acids is 2. The number of halogens is 2. The van der Waals surface area contributed by atoms with Gasteiger partial charge in [-0.25, -0.2) is 4.68 Å². The molecule has 7 nitrogen and oxygen atoms in total. The van der Waals surface area contributed by atoms with Crippen LogP contribution in [0.5, 0.6) is 0 Å². The Labute approximate surface area is 186 Å². The van der Waals surface area contributed by atoms with Crippen LogP contribution in [0.4, 0.5) is 5.82 Å². The third-order valence-corrected chi connectivity index (χ3v) is 6.66. The molecule has 0 bridgehead atoms. The van der Waals surface area contributed by atoms with E-state index >= 15 is 0 Å². The molecule has 1 saturated heterocycles. The van der Waals surface area contributed by atoms with Crippen LogP contribution < -0.4 is 10.6 Å². The Balaban J connectivity index is 1.49. The molecule has 1 atom stereocenters. The summed E-state index contributed by atoms with van der Waals surface area (Å²) in [5.41, 5.74) is 2.22. The Bertz CT molecular complexity index is 946. The first-order valence-electron chi connectivity index (χ1n) is 9.32. The fraction of sp³-hybridized carbons (Fsp3) is 0.421. The van der Waals surface area contributed by atoms with Crippen molar-refractivity contribution in [1.29, 1.82) is 0 Å². The smallest absolute Gasteiger partial charge is 0.258 e. The molecule has 1 fully saturated rings. The van der Waals surface area contributed by atoms with Gasteiger partial charge in [0.2, 0.25) is 5.91 Å². The second-order valence-electron chi connectivity index (χ2n) is 6.94. The number of amides is 2. The van der Waals surface area contributed by atoms with Gasteiger partial charge in [0, 0.05) is 34.7 Å². The van der Waals surface area contributed by atoms with Gasteiger partial charge in [-0.2, -0.15) is 16.9 Å². The molecule has 1 unspecified atom stereocenters. The van der Waals surface area contributed by atoms with Crippen molar-refractivity contribution in [1.82, 2.24) is 15.1 Å². The van der Waals surface area contributed by atoms with Crippen molar-refractivity contribution < 1.29 is 14.3 Å². The summed E-state index contributed by atoms with van der Waals surface area (Å²) in [7, 11) is 0. The summed E-state index contributed by atoms with van der Waals surface area (Å²) < 4.78 is 7.86. The van der Waals surface area contributed by atoms with Crippen LogP contribution >= 0.6 is 39.3 Å². The number of rotatable bonds is 6. The average Bonchev–Trinajstić information content (AvgIpc) is 3.42. The average molecular weight is 500 g/mol. The number of aromatic nitrogens is 2. The van der Waals surface area contributed by atoms with E-state index in [0.717, 1.165) is 46.7 Å². The fourth-order valence-corrected chi connectivity index (χ4v) is 4.99. The lowest BCUT2D eigenvalue weighted by atomic mass is 10.2. The number of hydrogen-bond donors (Lipinski definition) is 2. The van der Waals surface area contributed by atoms with Gasteiger partial charge in [0.1, 0.15) is 12.4 Å². The van der Waals surface area contributed by atoms with Crippen LogP contribution in [-0.2, 0) is 27.6 Å². The van der Waals surface area contributed by atoms with Crippen molar-refractivity contribution in [3.05, 3.63) is 44.5 Å². The predicted octanol–water partition coefficient (Wildman–Crippen LogP) is 3.59. The predicted molar refractivity (Wildman–Crippen MR) is 116 cm³/mol. The van der Waals surface area contributed by atoms with E-state index in [-0.39, 0.29) is 24.5 Å². The van der Waals surface area contributed by atoms with Crippen LogP contribution in [0.25, 0.3) is 0 Å². The van der Waals surface area contributed by atoms with Gasteiger partial charge in [-0.1, -0.05) is 27.5 Å². The van der Waals surface area contributed by atoms with E-state index in [2.05, 4.69) is 31.7 Å². The molecular formula is C19H20BrClN4O3S. The lowest BCUT2D eigenvalue weighted by Crippen LogP contribution is -2.34. The van der Waals surface area contributed by atoms with Crippen molar-refractivity contribution in [2.75, 3.05) is 18.5 Å². The lowest BCUT2D eigenvalue weighted by molar-refractivity contribution is -0.122. The Kier molecular flexibility index (Phi) is 6.48. The molecule has 2 aromatic rings. The van der Waals surface area contributed by atoms with Gasteiger partial charge in [-0.05, 0) is 31.0 Å². The highest BCUT2D eigenvalue weighted by atomic mass is 79.9. The summed E-state index contributed by atoms with van der Waals surface area (Å²) in [6, 6.07) is 5.11. The molecule has 2 aliphatic heterocycles. The molecule has 0 aliphatic carbocycles. The van der Waals surface area contributed by atoms with Gasteiger partial charge in [-0.3, -0.25) is 9.59 Å². The van der Waals surface area contributed by atoms with Crippen LogP contribution in [-0.4, -0.2) is 40.9 Å². The molecule has 154 valence electrons. The molecule has 0 radical (unpaired) electrons. The number of benzene rings is 1. The summed E-state index contributed by atoms with van der Waals surface area (Å²) >= 11 is 11.3. The first-order valence-corrected chi connectivity index (χ1v) is 11.6. The van der Waals surface area contributed by atoms with Gasteiger partial charge in [0.15, 0.2) is 0 Å². The van der Waals surface area contributed by atoms with Gasteiger partial charge in [0.05, 0.1) is 22.4 Å². The molecule has 1 aromatic carbocycles. The molecule has 29 heavy (non-hydrogen) atoms. The zero-order chi connectivity index (χ0) is 20.4. The number of thioether (sulfide) groups is 1. The van der Waals surface area contributed by atoms with Crippen molar-refractivity contribution in [3.63, 3.8) is 0 Å². The maximum Gasteiger partial charge on any atom is 0.258 e. The number of fused-ring (bicyclic) bond motifs is 1. The maximum absolute atomic E-state index is 12.8. The van der Waals surface area contributed by atoms with E-state index in [4.69, 9.17) is 16.3 Å². The minimum atomic E-state index is -0.336. The van der Waals surface area contributed by atoms with E-state index in [1.165, 1.54) is 0 Å². The summed E-state index contributed by atoms with van der Waals surface area (Å²) in [4.78, 5) is 25.3. The largest absolute Gasteiger partial charge is 0.376 e. The molecule has 2 aliphatic rings. The molecule has 2 amide bonds. The quantitative estimate of drug-likeness (QED) is 0.634. The normalized spacial score (nSPS) is 17.9. The maximum atomic E-state index is 12.8. The van der Waals surface area contributed by atoms with Crippen molar-refractivity contribution in [2.24, 2.45) is 0 Å². The Morgan fingerprint density at radius 1 is 1.38 bits per heavy atom. The van der Waals surface area contributed by atoms with Crippen molar-refractivity contribution >= 4 is 56.9 Å². The molecule has 0 saturated carbocycles. The topological polar surface area (TPSA) is 85.2 Å². The zero-order valence-electron chi connectivity index (χ0n) is 15.5. The second-order valence-corrected chi connectivity index (χ2v) is 9.25. The molecule has 4 rings (SSSR count). The minimum absolute atomic E-state index is 0.0339. The van der Waals surface area contributed by atoms with E-state index in [0.29, 0.717) is 22.9 Å². The third kappa shape index (κ3) is 4.79. The number of hydrogen-bond acceptors (Lipinski definition) is 5. The first-order chi connectivity index (χ1) is 14.0. The lowest BCUT2D eigenvalue weighted by Gasteiger charge is -2.13. The minimum Gasteiger partial charge on any atom is -0.376 e. The Morgan fingerprint density at radius 2 is 2.24 bits per heavy atom. The highest BCUT2D eigenvalue weighted by Crippen LogP contribution is 2.35. The number of ether oxygens (including phenoxy) is 1. The Hall–Kier alpha value is -1.55. The molecule has 0 spiro atoms. The molecule has 3 heterocycles. The summed E-state index contributed by atoms with van der Waals surface area (Å²) in [6.45, 7) is 1.27. The number of carbonyl (C=O) groups is 2. The highest BCUT2D eigenvalue weighted by molar-refractivity contribution is 9.10. The van der Waals surface area contributed by atoms with Crippen molar-refractivity contribution in [2.45, 2.75) is 37.0 Å². The first kappa shape index (κ1) is 20.7. The SMILES string of the molecule is O=C(Cn1nc2c(c1NC(=O)c1cc(Br)ccc1Cl)CSC2)NCC1CCCO1. The molecular weight excluding hydrogens is 480 g/mol. The van der Waals surface area contributed by atoms with Crippen LogP contribution in [0.1, 0.15) is 34.5 Å². The van der Waals surface area contributed by atoms with Crippen LogP contribution in [0.2, 0.25) is 5.02 Å². The summed E-state index contributed by atoms with van der Waals surface area (Å²) in [5.74, 6) is 1.57. The van der Waals surface area contributed by atoms with Gasteiger partial charge in [-0.15, -0.1) is 0 Å². The fourth-order valence-electron chi connectivity index (χ4n) is 3.39. The van der Waals surface area contributed by atoms with E-state index in [1.807, 2.05) is 0 Å². The molecule has 2 N–H and O–H groups in total. The molecule has 10 heteroatoms. The van der Waals surface area contributed by atoms with Crippen LogP contribution in [0.3, 0.4) is 0 Å². The van der Waals surface area contributed by atoms with Gasteiger partial charge >= 0.3 is 0 Å². The highest BCUT2D eigenvalue weighted by Gasteiger charge is 2.26. The summed E-state index contributed by atoms with van der Waals surface area (Å²) in [5, 5.41) is 10.7. The van der Waals surface area contributed by atoms with E-state index in [1.54, 1.807) is 34.6 Å². The van der Waals surface area contributed by atoms with E-state index < -0.39 is 0 Å². The van der Waals surface area contributed by atoms with Gasteiger partial charge in [0.25, 0.3) is 5.91 Å². The second kappa shape index (κ2) is 9.07. The molecule has 1 aromatic heterocycles. The zero-order valence-corrected chi connectivity index (χ0v) is 18.7. The standard InChI is InChI=1S/C19H20BrClN4O3S/c20-11-3-4-15(21)13(6-11)19(27)23-18-14-9-29-10-16(14)24-25(18)8-17(26)22-7-12-2-1-5-28-12/h3-4,6,12H,1-2,5,7-10H2,(H,22,26)(H,23,27). The Morgan fingerprint density at radius 3 is 3.03 bits per heavy atom. The van der Waals surface area contributed by atoms with Gasteiger partial charge < -0.3 is 15.4 Å². The van der Waals surface area contributed by atoms with Crippen LogP contribution in [0.15, 0.2) is 22.7 Å². The third-order valence-electron chi connectivity index (χ3n) is 4.87. The monoisotopic (exact) mass is 498 g/mol. The number of nitrogens with zero attached hydrogens (tertiary/aromatic N) is 2. The van der Waals surface area contributed by atoms with Crippen molar-refractivity contribution in [3.8, 4) is 0 Å². The van der Waals surface area contributed by atoms with E-state index in [9.17, 15) is 9.59 Å². The number of anilines is 1. The van der Waals surface area contributed by atoms with Crippen LogP contribution in [0, 0.1) is 0 Å². The summed E-state index contributed by atoms with van der Waals surface area (Å²) in [6.07, 6.45) is 2.07.